The van der Waals surface area contributed by atoms with Gasteiger partial charge in [0, 0.05) is 50.6 Å². The second-order valence-corrected chi connectivity index (χ2v) is 9.48. The second-order valence-electron chi connectivity index (χ2n) is 8.37. The number of likely N-dealkylation sites (tertiary alicyclic amines) is 1. The number of hydrogen-bond acceptors (Lipinski definition) is 5. The van der Waals surface area contributed by atoms with E-state index in [1.54, 1.807) is 0 Å². The van der Waals surface area contributed by atoms with Crippen LogP contribution in [0.4, 0.5) is 0 Å². The number of thioether (sulfide) groups is 1. The summed E-state index contributed by atoms with van der Waals surface area (Å²) in [5.41, 5.74) is 0.220. The van der Waals surface area contributed by atoms with Gasteiger partial charge in [-0.3, -0.25) is 9.89 Å². The maximum absolute atomic E-state index is 5.58. The zero-order valence-corrected chi connectivity index (χ0v) is 18.3. The maximum Gasteiger partial charge on any atom is 0.191 e. The number of aliphatic imine (C=N–C) groups is 1. The van der Waals surface area contributed by atoms with E-state index in [9.17, 15) is 0 Å². The molecule has 3 rings (SSSR count). The Kier molecular flexibility index (Phi) is 8.11. The summed E-state index contributed by atoms with van der Waals surface area (Å²) in [5, 5.41) is 7.21. The van der Waals surface area contributed by atoms with Crippen molar-refractivity contribution >= 4 is 17.7 Å². The molecular formula is C20H39N5OS. The largest absolute Gasteiger partial charge is 0.379 e. The summed E-state index contributed by atoms with van der Waals surface area (Å²) in [6, 6.07) is 1.19. The summed E-state index contributed by atoms with van der Waals surface area (Å²) in [5.74, 6) is 3.46. The average Bonchev–Trinajstić information content (AvgIpc) is 3.18. The molecule has 2 N–H and O–H groups in total. The number of nitrogens with zero attached hydrogens (tertiary/aromatic N) is 3. The van der Waals surface area contributed by atoms with Gasteiger partial charge in [-0.25, -0.2) is 0 Å². The summed E-state index contributed by atoms with van der Waals surface area (Å²) < 4.78 is 5.58. The molecule has 0 radical (unpaired) electrons. The fourth-order valence-corrected chi connectivity index (χ4v) is 5.87. The summed E-state index contributed by atoms with van der Waals surface area (Å²) in [7, 11) is 0. The van der Waals surface area contributed by atoms with Crippen LogP contribution in [0.3, 0.4) is 0 Å². The van der Waals surface area contributed by atoms with E-state index in [0.29, 0.717) is 12.1 Å². The minimum absolute atomic E-state index is 0.220. The van der Waals surface area contributed by atoms with Gasteiger partial charge in [0.2, 0.25) is 0 Å². The first-order valence-electron chi connectivity index (χ1n) is 10.8. The van der Waals surface area contributed by atoms with E-state index in [4.69, 9.17) is 9.73 Å². The van der Waals surface area contributed by atoms with Gasteiger partial charge < -0.3 is 20.3 Å². The van der Waals surface area contributed by atoms with Crippen molar-refractivity contribution in [3.05, 3.63) is 0 Å². The van der Waals surface area contributed by atoms with E-state index in [2.05, 4.69) is 53.0 Å². The van der Waals surface area contributed by atoms with Gasteiger partial charge in [0.1, 0.15) is 0 Å². The van der Waals surface area contributed by atoms with Crippen molar-refractivity contribution in [3.63, 3.8) is 0 Å². The molecule has 3 heterocycles. The van der Waals surface area contributed by atoms with Gasteiger partial charge in [-0.05, 0) is 45.8 Å². The van der Waals surface area contributed by atoms with Crippen LogP contribution in [0.1, 0.15) is 40.0 Å². The average molecular weight is 398 g/mol. The van der Waals surface area contributed by atoms with Gasteiger partial charge in [-0.2, -0.15) is 11.8 Å². The van der Waals surface area contributed by atoms with Crippen molar-refractivity contribution in [2.45, 2.75) is 57.7 Å². The highest BCUT2D eigenvalue weighted by molar-refractivity contribution is 7.99. The van der Waals surface area contributed by atoms with Crippen molar-refractivity contribution in [3.8, 4) is 0 Å². The van der Waals surface area contributed by atoms with Crippen LogP contribution in [0.15, 0.2) is 4.99 Å². The third kappa shape index (κ3) is 5.75. The number of piperidine rings is 1. The molecule has 0 spiro atoms. The van der Waals surface area contributed by atoms with Crippen molar-refractivity contribution < 1.29 is 4.74 Å². The summed E-state index contributed by atoms with van der Waals surface area (Å²) in [6.45, 7) is 14.7. The van der Waals surface area contributed by atoms with Crippen LogP contribution in [0.5, 0.6) is 0 Å². The Morgan fingerprint density at radius 1 is 1.22 bits per heavy atom. The van der Waals surface area contributed by atoms with E-state index in [1.807, 2.05) is 0 Å². The monoisotopic (exact) mass is 397 g/mol. The van der Waals surface area contributed by atoms with Crippen molar-refractivity contribution in [1.82, 2.24) is 20.4 Å². The Bertz CT molecular complexity index is 467. The van der Waals surface area contributed by atoms with E-state index in [1.165, 1.54) is 43.9 Å². The van der Waals surface area contributed by atoms with Crippen LogP contribution >= 0.6 is 11.8 Å². The second kappa shape index (κ2) is 10.3. The van der Waals surface area contributed by atoms with Crippen molar-refractivity contribution in [2.24, 2.45) is 4.99 Å². The first kappa shape index (κ1) is 21.2. The smallest absolute Gasteiger partial charge is 0.191 e. The lowest BCUT2D eigenvalue weighted by atomic mass is 9.96. The highest BCUT2D eigenvalue weighted by Crippen LogP contribution is 2.34. The zero-order chi connectivity index (χ0) is 19.1. The first-order chi connectivity index (χ1) is 13.1. The molecule has 0 aromatic carbocycles. The van der Waals surface area contributed by atoms with Crippen LogP contribution in [0.25, 0.3) is 0 Å². The van der Waals surface area contributed by atoms with Gasteiger partial charge in [-0.15, -0.1) is 0 Å². The molecule has 7 heteroatoms. The van der Waals surface area contributed by atoms with Crippen LogP contribution in [-0.2, 0) is 4.74 Å². The molecule has 27 heavy (non-hydrogen) atoms. The Morgan fingerprint density at radius 3 is 2.56 bits per heavy atom. The van der Waals surface area contributed by atoms with Crippen molar-refractivity contribution in [2.75, 3.05) is 64.0 Å². The SMILES string of the molecule is CCNC(=NCC1(N2CCOCC2)CCSC1)NC1CCN(C(C)C)CC1. The van der Waals surface area contributed by atoms with Gasteiger partial charge >= 0.3 is 0 Å². The van der Waals surface area contributed by atoms with Crippen LogP contribution in [-0.4, -0.2) is 97.4 Å². The molecule has 3 saturated heterocycles. The lowest BCUT2D eigenvalue weighted by molar-refractivity contribution is -0.0104. The molecule has 0 bridgehead atoms. The fraction of sp³-hybridized carbons (Fsp3) is 0.950. The standard InChI is InChI=1S/C20H39N5OS/c1-4-21-19(23-18-5-8-24(9-6-18)17(2)3)22-15-20(7-14-27-16-20)25-10-12-26-13-11-25/h17-18H,4-16H2,1-3H3,(H2,21,22,23). The number of hydrogen-bond donors (Lipinski definition) is 2. The van der Waals surface area contributed by atoms with Gasteiger partial charge in [0.15, 0.2) is 5.96 Å². The predicted octanol–water partition coefficient (Wildman–Crippen LogP) is 1.62. The number of guanidine groups is 1. The molecule has 3 fully saturated rings. The summed E-state index contributed by atoms with van der Waals surface area (Å²) >= 11 is 2.08. The molecule has 1 atom stereocenters. The summed E-state index contributed by atoms with van der Waals surface area (Å²) in [6.07, 6.45) is 3.65. The highest BCUT2D eigenvalue weighted by atomic mass is 32.2. The number of ether oxygens (including phenoxy) is 1. The van der Waals surface area contributed by atoms with Crippen LogP contribution in [0, 0.1) is 0 Å². The minimum atomic E-state index is 0.220. The molecule has 3 aliphatic rings. The predicted molar refractivity (Wildman–Crippen MR) is 116 cm³/mol. The zero-order valence-electron chi connectivity index (χ0n) is 17.5. The van der Waals surface area contributed by atoms with E-state index < -0.39 is 0 Å². The normalized spacial score (nSPS) is 29.4. The lowest BCUT2D eigenvalue weighted by Gasteiger charge is -2.42. The molecule has 0 aliphatic carbocycles. The number of rotatable bonds is 6. The van der Waals surface area contributed by atoms with Crippen LogP contribution < -0.4 is 10.6 Å². The van der Waals surface area contributed by atoms with E-state index in [-0.39, 0.29) is 5.54 Å². The molecule has 6 nitrogen and oxygen atoms in total. The topological polar surface area (TPSA) is 52.1 Å². The molecule has 3 aliphatic heterocycles. The maximum atomic E-state index is 5.58. The fourth-order valence-electron chi connectivity index (χ4n) is 4.41. The Balaban J connectivity index is 1.59. The molecule has 156 valence electrons. The first-order valence-corrected chi connectivity index (χ1v) is 12.0. The molecule has 0 aromatic heterocycles. The summed E-state index contributed by atoms with van der Waals surface area (Å²) in [4.78, 5) is 10.3. The number of nitrogens with one attached hydrogen (secondary N) is 2. The Hall–Kier alpha value is -0.500. The van der Waals surface area contributed by atoms with Gasteiger partial charge in [0.05, 0.1) is 25.3 Å². The Labute approximate surface area is 169 Å². The molecule has 0 aromatic rings. The molecule has 0 amide bonds. The van der Waals surface area contributed by atoms with Gasteiger partial charge in [0.25, 0.3) is 0 Å². The van der Waals surface area contributed by atoms with E-state index in [0.717, 1.165) is 45.4 Å². The third-order valence-electron chi connectivity index (χ3n) is 6.24. The minimum Gasteiger partial charge on any atom is -0.379 e. The quantitative estimate of drug-likeness (QED) is 0.525. The molecule has 0 saturated carbocycles. The van der Waals surface area contributed by atoms with E-state index >= 15 is 0 Å². The number of morpholine rings is 1. The molecule has 1 unspecified atom stereocenters. The van der Waals surface area contributed by atoms with Crippen molar-refractivity contribution in [1.29, 1.82) is 0 Å². The van der Waals surface area contributed by atoms with Crippen LogP contribution in [0.2, 0.25) is 0 Å². The lowest BCUT2D eigenvalue weighted by Crippen LogP contribution is -2.56. The third-order valence-corrected chi connectivity index (χ3v) is 7.48. The molecular weight excluding hydrogens is 358 g/mol. The highest BCUT2D eigenvalue weighted by Gasteiger charge is 2.40. The van der Waals surface area contributed by atoms with Gasteiger partial charge in [-0.1, -0.05) is 0 Å². The Morgan fingerprint density at radius 2 is 1.96 bits per heavy atom.